The minimum atomic E-state index is 0.522. The van der Waals surface area contributed by atoms with E-state index in [1.54, 1.807) is 0 Å². The molecule has 0 N–H and O–H groups in total. The number of alkyl halides is 1. The number of rotatable bonds is 4. The summed E-state index contributed by atoms with van der Waals surface area (Å²) in [7, 11) is 0. The minimum Gasteiger partial charge on any atom is -0.0860 e. The lowest BCUT2D eigenvalue weighted by Gasteiger charge is -2.28. The van der Waals surface area contributed by atoms with Gasteiger partial charge < -0.3 is 0 Å². The largest absolute Gasteiger partial charge is 0.0860 e. The second-order valence-electron chi connectivity index (χ2n) is 5.79. The van der Waals surface area contributed by atoms with Crippen LogP contribution in [0.4, 0.5) is 0 Å². The third-order valence-electron chi connectivity index (χ3n) is 4.40. The van der Waals surface area contributed by atoms with Gasteiger partial charge in [-0.25, -0.2) is 0 Å². The van der Waals surface area contributed by atoms with Crippen LogP contribution in [0, 0.1) is 0 Å². The highest BCUT2D eigenvalue weighted by Gasteiger charge is 2.23. The third kappa shape index (κ3) is 3.57. The maximum Gasteiger partial charge on any atom is 0.0406 e. The van der Waals surface area contributed by atoms with Crippen molar-refractivity contribution >= 4 is 39.8 Å². The molecule has 0 saturated heterocycles. The second kappa shape index (κ2) is 7.65. The van der Waals surface area contributed by atoms with Gasteiger partial charge in [0.25, 0.3) is 0 Å². The Bertz CT molecular complexity index is 658. The minimum absolute atomic E-state index is 0.522. The zero-order chi connectivity index (χ0) is 15.4. The molecule has 1 unspecified atom stereocenters. The molecular formula is C20H20ClI. The quantitative estimate of drug-likeness (QED) is 0.381. The van der Waals surface area contributed by atoms with E-state index in [2.05, 4.69) is 65.1 Å². The lowest BCUT2D eigenvalue weighted by Crippen LogP contribution is -2.11. The first-order valence-corrected chi connectivity index (χ1v) is 9.79. The van der Waals surface area contributed by atoms with Crippen LogP contribution in [0.3, 0.4) is 0 Å². The maximum atomic E-state index is 6.07. The van der Waals surface area contributed by atoms with Gasteiger partial charge in [-0.15, -0.1) is 0 Å². The van der Waals surface area contributed by atoms with Gasteiger partial charge in [-0.1, -0.05) is 76.7 Å². The van der Waals surface area contributed by atoms with Crippen molar-refractivity contribution in [1.82, 2.24) is 0 Å². The second-order valence-corrected chi connectivity index (χ2v) is 7.30. The fourth-order valence-electron chi connectivity index (χ4n) is 3.39. The molecule has 0 saturated carbocycles. The molecule has 0 nitrogen and oxygen atoms in total. The zero-order valence-electron chi connectivity index (χ0n) is 12.6. The molecular weight excluding hydrogens is 403 g/mol. The number of allylic oxidation sites excluding steroid dienone is 2. The molecule has 3 rings (SSSR count). The van der Waals surface area contributed by atoms with E-state index >= 15 is 0 Å². The van der Waals surface area contributed by atoms with Crippen LogP contribution in [-0.4, -0.2) is 4.43 Å². The third-order valence-corrected chi connectivity index (χ3v) is 5.27. The van der Waals surface area contributed by atoms with Crippen molar-refractivity contribution in [2.75, 3.05) is 4.43 Å². The van der Waals surface area contributed by atoms with Crippen LogP contribution >= 0.6 is 34.2 Å². The Labute approximate surface area is 151 Å². The van der Waals surface area contributed by atoms with Crippen LogP contribution in [0.15, 0.2) is 54.6 Å². The van der Waals surface area contributed by atoms with Crippen LogP contribution < -0.4 is 0 Å². The van der Waals surface area contributed by atoms with Crippen LogP contribution in [0.25, 0.3) is 5.57 Å². The summed E-state index contributed by atoms with van der Waals surface area (Å²) in [6.07, 6.45) is 7.29. The van der Waals surface area contributed by atoms with Crippen molar-refractivity contribution in [3.8, 4) is 0 Å². The van der Waals surface area contributed by atoms with Crippen LogP contribution in [0.2, 0.25) is 5.02 Å². The van der Waals surface area contributed by atoms with Crippen molar-refractivity contribution < 1.29 is 0 Å². The van der Waals surface area contributed by atoms with E-state index in [1.165, 1.54) is 41.5 Å². The molecule has 0 heterocycles. The zero-order valence-corrected chi connectivity index (χ0v) is 15.5. The summed E-state index contributed by atoms with van der Waals surface area (Å²) >= 11 is 8.52. The van der Waals surface area contributed by atoms with Gasteiger partial charge in [-0.3, -0.25) is 0 Å². The molecule has 1 aliphatic rings. The number of hydrogen-bond donors (Lipinski definition) is 0. The molecule has 0 aliphatic heterocycles. The summed E-state index contributed by atoms with van der Waals surface area (Å²) in [5.74, 6) is 0.522. The first-order chi connectivity index (χ1) is 10.8. The number of halogens is 2. The Hall–Kier alpha value is -0.800. The van der Waals surface area contributed by atoms with Crippen molar-refractivity contribution in [2.45, 2.75) is 31.6 Å². The molecule has 1 atom stereocenters. The maximum absolute atomic E-state index is 6.07. The van der Waals surface area contributed by atoms with Gasteiger partial charge in [0.05, 0.1) is 0 Å². The van der Waals surface area contributed by atoms with Gasteiger partial charge in [0.2, 0.25) is 0 Å². The molecule has 0 radical (unpaired) electrons. The van der Waals surface area contributed by atoms with Gasteiger partial charge in [0.15, 0.2) is 0 Å². The Morgan fingerprint density at radius 3 is 2.68 bits per heavy atom. The first-order valence-electron chi connectivity index (χ1n) is 7.89. The fourth-order valence-corrected chi connectivity index (χ4v) is 3.83. The molecule has 114 valence electrons. The highest BCUT2D eigenvalue weighted by atomic mass is 127. The molecule has 1 aliphatic carbocycles. The van der Waals surface area contributed by atoms with E-state index in [9.17, 15) is 0 Å². The normalized spacial score (nSPS) is 18.1. The van der Waals surface area contributed by atoms with E-state index in [0.29, 0.717) is 5.92 Å². The average molecular weight is 423 g/mol. The Kier molecular flexibility index (Phi) is 5.59. The standard InChI is InChI=1S/C20H20ClI/c21-17-12-10-16(11-13-17)19(9-4-14-22)20-8-3-6-15-5-1-2-7-18(15)20/h1-2,5,7,9-13,20H,3-4,6,8,14H2. The summed E-state index contributed by atoms with van der Waals surface area (Å²) in [5, 5.41) is 0.807. The van der Waals surface area contributed by atoms with Crippen molar-refractivity contribution in [1.29, 1.82) is 0 Å². The lowest BCUT2D eigenvalue weighted by atomic mass is 9.76. The van der Waals surface area contributed by atoms with Crippen molar-refractivity contribution in [3.63, 3.8) is 0 Å². The number of fused-ring (bicyclic) bond motifs is 1. The highest BCUT2D eigenvalue weighted by Crippen LogP contribution is 2.41. The van der Waals surface area contributed by atoms with Crippen molar-refractivity contribution in [3.05, 3.63) is 76.3 Å². The van der Waals surface area contributed by atoms with E-state index in [0.717, 1.165) is 15.9 Å². The molecule has 22 heavy (non-hydrogen) atoms. The smallest absolute Gasteiger partial charge is 0.0406 e. The Balaban J connectivity index is 2.02. The predicted molar refractivity (Wildman–Crippen MR) is 105 cm³/mol. The van der Waals surface area contributed by atoms with Crippen LogP contribution in [-0.2, 0) is 6.42 Å². The molecule has 0 spiro atoms. The van der Waals surface area contributed by atoms with Gasteiger partial charge >= 0.3 is 0 Å². The van der Waals surface area contributed by atoms with Crippen LogP contribution in [0.1, 0.15) is 41.9 Å². The van der Waals surface area contributed by atoms with Crippen molar-refractivity contribution in [2.24, 2.45) is 0 Å². The van der Waals surface area contributed by atoms with Gasteiger partial charge in [0.1, 0.15) is 0 Å². The molecule has 0 fully saturated rings. The summed E-state index contributed by atoms with van der Waals surface area (Å²) in [4.78, 5) is 0. The van der Waals surface area contributed by atoms with E-state index < -0.39 is 0 Å². The van der Waals surface area contributed by atoms with Gasteiger partial charge in [-0.05, 0) is 60.1 Å². The number of aryl methyl sites for hydroxylation is 1. The van der Waals surface area contributed by atoms with E-state index in [1.807, 2.05) is 12.1 Å². The SMILES string of the molecule is Clc1ccc(C(=CCCI)C2CCCc3ccccc32)cc1. The molecule has 2 heteroatoms. The topological polar surface area (TPSA) is 0 Å². The molecule has 0 amide bonds. The average Bonchev–Trinajstić information content (AvgIpc) is 2.57. The number of hydrogen-bond acceptors (Lipinski definition) is 0. The summed E-state index contributed by atoms with van der Waals surface area (Å²) in [5.41, 5.74) is 5.83. The van der Waals surface area contributed by atoms with E-state index in [4.69, 9.17) is 11.6 Å². The van der Waals surface area contributed by atoms with Gasteiger partial charge in [0, 0.05) is 15.4 Å². The first kappa shape index (κ1) is 16.1. The molecule has 0 bridgehead atoms. The molecule has 0 aromatic heterocycles. The predicted octanol–water partition coefficient (Wildman–Crippen LogP) is 6.67. The molecule has 2 aromatic rings. The Morgan fingerprint density at radius 1 is 1.14 bits per heavy atom. The Morgan fingerprint density at radius 2 is 1.91 bits per heavy atom. The summed E-state index contributed by atoms with van der Waals surface area (Å²) in [6.45, 7) is 0. The summed E-state index contributed by atoms with van der Waals surface area (Å²) < 4.78 is 1.16. The monoisotopic (exact) mass is 422 g/mol. The highest BCUT2D eigenvalue weighted by molar-refractivity contribution is 14.1. The molecule has 2 aromatic carbocycles. The fraction of sp³-hybridized carbons (Fsp3) is 0.300. The summed E-state index contributed by atoms with van der Waals surface area (Å²) in [6, 6.07) is 17.3. The lowest BCUT2D eigenvalue weighted by molar-refractivity contribution is 0.638. The number of benzene rings is 2. The van der Waals surface area contributed by atoms with E-state index in [-0.39, 0.29) is 0 Å². The van der Waals surface area contributed by atoms with Gasteiger partial charge in [-0.2, -0.15) is 0 Å². The van der Waals surface area contributed by atoms with Crippen LogP contribution in [0.5, 0.6) is 0 Å².